The summed E-state index contributed by atoms with van der Waals surface area (Å²) in [6.07, 6.45) is 0. The molecule has 3 aromatic rings. The Morgan fingerprint density at radius 2 is 1.39 bits per heavy atom. The van der Waals surface area contributed by atoms with Crippen molar-refractivity contribution in [1.29, 1.82) is 0 Å². The number of phenols is 1. The fourth-order valence-corrected chi connectivity index (χ4v) is 3.32. The van der Waals surface area contributed by atoms with Gasteiger partial charge in [0, 0.05) is 36.5 Å². The maximum Gasteiger partial charge on any atom is 0.310 e. The topological polar surface area (TPSA) is 59.0 Å². The van der Waals surface area contributed by atoms with Crippen LogP contribution in [0.15, 0.2) is 78.7 Å². The van der Waals surface area contributed by atoms with E-state index in [1.165, 1.54) is 19.1 Å². The second kappa shape index (κ2) is 7.12. The van der Waals surface area contributed by atoms with Crippen molar-refractivity contribution in [3.8, 4) is 11.5 Å². The van der Waals surface area contributed by atoms with E-state index >= 15 is 0 Å². The number of hydrogen-bond acceptors (Lipinski definition) is 5. The Morgan fingerprint density at radius 1 is 0.857 bits per heavy atom. The molecule has 0 aliphatic carbocycles. The summed E-state index contributed by atoms with van der Waals surface area (Å²) in [5, 5.41) is 9.52. The largest absolute Gasteiger partial charge is 0.508 e. The SMILES string of the molecule is CC(=O)OC(Oc1ccc(O)cc1)=C1c2ccccc2N(C)c2ccccc21. The quantitative estimate of drug-likeness (QED) is 0.526. The lowest BCUT2D eigenvalue weighted by atomic mass is 9.91. The molecular formula is C23H19NO4. The van der Waals surface area contributed by atoms with Crippen molar-refractivity contribution in [3.05, 3.63) is 89.9 Å². The number of para-hydroxylation sites is 2. The van der Waals surface area contributed by atoms with E-state index in [0.717, 1.165) is 22.5 Å². The molecule has 0 saturated heterocycles. The molecular weight excluding hydrogens is 354 g/mol. The first-order valence-electron chi connectivity index (χ1n) is 8.86. The molecule has 0 saturated carbocycles. The predicted octanol–water partition coefficient (Wildman–Crippen LogP) is 4.83. The molecule has 4 rings (SSSR count). The van der Waals surface area contributed by atoms with Crippen LogP contribution in [0.3, 0.4) is 0 Å². The Bertz CT molecular complexity index is 1020. The van der Waals surface area contributed by atoms with Crippen LogP contribution in [0, 0.1) is 0 Å². The smallest absolute Gasteiger partial charge is 0.310 e. The maximum absolute atomic E-state index is 11.8. The zero-order chi connectivity index (χ0) is 19.7. The zero-order valence-electron chi connectivity index (χ0n) is 15.5. The lowest BCUT2D eigenvalue weighted by Gasteiger charge is -2.32. The van der Waals surface area contributed by atoms with E-state index in [0.29, 0.717) is 11.3 Å². The van der Waals surface area contributed by atoms with Crippen LogP contribution in [0.1, 0.15) is 18.1 Å². The number of benzene rings is 3. The van der Waals surface area contributed by atoms with E-state index in [4.69, 9.17) is 9.47 Å². The molecule has 28 heavy (non-hydrogen) atoms. The molecule has 0 atom stereocenters. The molecule has 1 heterocycles. The highest BCUT2D eigenvalue weighted by Crippen LogP contribution is 2.45. The minimum Gasteiger partial charge on any atom is -0.508 e. The summed E-state index contributed by atoms with van der Waals surface area (Å²) in [4.78, 5) is 13.9. The molecule has 0 aromatic heterocycles. The number of fused-ring (bicyclic) bond motifs is 2. The van der Waals surface area contributed by atoms with Gasteiger partial charge in [-0.3, -0.25) is 4.79 Å². The number of phenolic OH excluding ortho intramolecular Hbond substituents is 1. The van der Waals surface area contributed by atoms with E-state index in [-0.39, 0.29) is 11.7 Å². The molecule has 0 amide bonds. The van der Waals surface area contributed by atoms with Crippen molar-refractivity contribution in [2.75, 3.05) is 11.9 Å². The molecule has 1 aliphatic heterocycles. The molecule has 0 bridgehead atoms. The number of nitrogens with zero attached hydrogens (tertiary/aromatic N) is 1. The van der Waals surface area contributed by atoms with Crippen molar-refractivity contribution in [3.63, 3.8) is 0 Å². The van der Waals surface area contributed by atoms with E-state index in [1.807, 2.05) is 55.6 Å². The Hall–Kier alpha value is -3.73. The first kappa shape index (κ1) is 17.7. The van der Waals surface area contributed by atoms with Crippen molar-refractivity contribution in [2.24, 2.45) is 0 Å². The standard InChI is InChI=1S/C23H19NO4/c1-15(25)27-23(28-17-13-11-16(26)12-14-17)22-18-7-3-5-9-20(18)24(2)21-10-6-4-8-19(21)22/h3-14,26H,1-2H3. The summed E-state index contributed by atoms with van der Waals surface area (Å²) in [6, 6.07) is 22.0. The molecule has 3 aromatic carbocycles. The van der Waals surface area contributed by atoms with E-state index in [1.54, 1.807) is 12.1 Å². The first-order chi connectivity index (χ1) is 13.5. The van der Waals surface area contributed by atoms with E-state index in [2.05, 4.69) is 4.90 Å². The summed E-state index contributed by atoms with van der Waals surface area (Å²) in [7, 11) is 2.00. The van der Waals surface area contributed by atoms with Crippen LogP contribution in [0.2, 0.25) is 0 Å². The fourth-order valence-electron chi connectivity index (χ4n) is 3.32. The highest BCUT2D eigenvalue weighted by Gasteiger charge is 2.29. The molecule has 5 heteroatoms. The van der Waals surface area contributed by atoms with Crippen LogP contribution in [-0.4, -0.2) is 18.1 Å². The highest BCUT2D eigenvalue weighted by molar-refractivity contribution is 5.98. The second-order valence-electron chi connectivity index (χ2n) is 6.45. The molecule has 0 fully saturated rings. The fraction of sp³-hybridized carbons (Fsp3) is 0.0870. The minimum atomic E-state index is -0.477. The van der Waals surface area contributed by atoms with Gasteiger partial charge in [0.1, 0.15) is 11.5 Å². The van der Waals surface area contributed by atoms with Gasteiger partial charge in [-0.25, -0.2) is 0 Å². The van der Waals surface area contributed by atoms with Crippen molar-refractivity contribution >= 4 is 22.9 Å². The van der Waals surface area contributed by atoms with Crippen LogP contribution in [0.25, 0.3) is 5.57 Å². The second-order valence-corrected chi connectivity index (χ2v) is 6.45. The average molecular weight is 373 g/mol. The summed E-state index contributed by atoms with van der Waals surface area (Å²) >= 11 is 0. The summed E-state index contributed by atoms with van der Waals surface area (Å²) in [5.74, 6) is 0.209. The van der Waals surface area contributed by atoms with Gasteiger partial charge >= 0.3 is 11.9 Å². The van der Waals surface area contributed by atoms with E-state index in [9.17, 15) is 9.90 Å². The number of ether oxygens (including phenoxy) is 2. The average Bonchev–Trinajstić information content (AvgIpc) is 2.69. The van der Waals surface area contributed by atoms with E-state index < -0.39 is 5.97 Å². The summed E-state index contributed by atoms with van der Waals surface area (Å²) in [5.41, 5.74) is 4.47. The third-order valence-corrected chi connectivity index (χ3v) is 4.56. The van der Waals surface area contributed by atoms with Crippen LogP contribution in [0.5, 0.6) is 11.5 Å². The molecule has 0 spiro atoms. The number of carbonyl (C=O) groups excluding carboxylic acids is 1. The molecule has 5 nitrogen and oxygen atoms in total. The zero-order valence-corrected chi connectivity index (χ0v) is 15.5. The number of esters is 1. The normalized spacial score (nSPS) is 12.1. The Kier molecular flexibility index (Phi) is 4.49. The lowest BCUT2D eigenvalue weighted by Crippen LogP contribution is -2.20. The summed E-state index contributed by atoms with van der Waals surface area (Å²) in [6.45, 7) is 1.34. The Labute approximate surface area is 163 Å². The number of rotatable bonds is 3. The Balaban J connectivity index is 1.95. The van der Waals surface area contributed by atoms with Crippen LogP contribution in [-0.2, 0) is 9.53 Å². The first-order valence-corrected chi connectivity index (χ1v) is 8.86. The Morgan fingerprint density at radius 3 is 1.93 bits per heavy atom. The maximum atomic E-state index is 11.8. The van der Waals surface area contributed by atoms with Crippen molar-refractivity contribution < 1.29 is 19.4 Å². The monoisotopic (exact) mass is 373 g/mol. The van der Waals surface area contributed by atoms with Crippen LogP contribution >= 0.6 is 0 Å². The summed E-state index contributed by atoms with van der Waals surface area (Å²) < 4.78 is 11.5. The number of hydrogen-bond donors (Lipinski definition) is 1. The molecule has 0 unspecified atom stereocenters. The number of carbonyl (C=O) groups is 1. The third kappa shape index (κ3) is 3.18. The van der Waals surface area contributed by atoms with Crippen molar-refractivity contribution in [2.45, 2.75) is 6.92 Å². The number of aromatic hydroxyl groups is 1. The highest BCUT2D eigenvalue weighted by atomic mass is 16.7. The molecule has 140 valence electrons. The van der Waals surface area contributed by atoms with Crippen LogP contribution in [0.4, 0.5) is 11.4 Å². The van der Waals surface area contributed by atoms with Gasteiger partial charge in [-0.05, 0) is 36.4 Å². The minimum absolute atomic E-state index is 0.103. The predicted molar refractivity (Wildman–Crippen MR) is 107 cm³/mol. The van der Waals surface area contributed by atoms with Crippen LogP contribution < -0.4 is 9.64 Å². The van der Waals surface area contributed by atoms with Gasteiger partial charge in [0.2, 0.25) is 0 Å². The van der Waals surface area contributed by atoms with Gasteiger partial charge in [-0.15, -0.1) is 0 Å². The van der Waals surface area contributed by atoms with Gasteiger partial charge in [0.05, 0.1) is 5.57 Å². The van der Waals surface area contributed by atoms with Gasteiger partial charge < -0.3 is 19.5 Å². The van der Waals surface area contributed by atoms with Gasteiger partial charge in [0.15, 0.2) is 0 Å². The number of anilines is 2. The lowest BCUT2D eigenvalue weighted by molar-refractivity contribution is -0.139. The van der Waals surface area contributed by atoms with Crippen molar-refractivity contribution in [1.82, 2.24) is 0 Å². The molecule has 1 aliphatic rings. The van der Waals surface area contributed by atoms with Gasteiger partial charge in [-0.2, -0.15) is 0 Å². The van der Waals surface area contributed by atoms with Gasteiger partial charge in [0.25, 0.3) is 0 Å². The third-order valence-electron chi connectivity index (χ3n) is 4.56. The molecule has 0 radical (unpaired) electrons. The molecule has 1 N–H and O–H groups in total. The van der Waals surface area contributed by atoms with Gasteiger partial charge in [-0.1, -0.05) is 36.4 Å².